The van der Waals surface area contributed by atoms with Gasteiger partial charge in [0.1, 0.15) is 5.75 Å². The number of phenols is 1. The van der Waals surface area contributed by atoms with Crippen molar-refractivity contribution < 1.29 is 22.2 Å². The second-order valence-corrected chi connectivity index (χ2v) is 2.39. The van der Waals surface area contributed by atoms with E-state index >= 15 is 0 Å². The molecule has 53 valence electrons. The average molecular weight is 237 g/mol. The van der Waals surface area contributed by atoms with Crippen LogP contribution in [0.25, 0.3) is 0 Å². The van der Waals surface area contributed by atoms with Gasteiger partial charge in [0.05, 0.1) is 0 Å². The summed E-state index contributed by atoms with van der Waals surface area (Å²) in [6.07, 6.45) is 0. The summed E-state index contributed by atoms with van der Waals surface area (Å²) >= 11 is 3.23. The minimum absolute atomic E-state index is 0. The summed E-state index contributed by atoms with van der Waals surface area (Å²) in [5, 5.41) is 8.74. The van der Waals surface area contributed by atoms with Gasteiger partial charge in [0.25, 0.3) is 0 Å². The molecule has 1 radical (unpaired) electrons. The van der Waals surface area contributed by atoms with E-state index < -0.39 is 0 Å². The van der Waals surface area contributed by atoms with E-state index in [0.29, 0.717) is 5.75 Å². The zero-order chi connectivity index (χ0) is 5.98. The monoisotopic (exact) mass is 235 g/mol. The number of halogens is 1. The van der Waals surface area contributed by atoms with Gasteiger partial charge in [-0.2, -0.15) is 0 Å². The van der Waals surface area contributed by atoms with E-state index in [0.717, 1.165) is 4.47 Å². The molecule has 0 fully saturated rings. The summed E-state index contributed by atoms with van der Waals surface area (Å²) in [6.45, 7) is 0. The summed E-state index contributed by atoms with van der Waals surface area (Å²) in [5.41, 5.74) is 0. The van der Waals surface area contributed by atoms with Crippen LogP contribution in [0.1, 0.15) is 0 Å². The molecule has 1 aromatic rings. The SMILES string of the molecule is Oc1ccc(Br)cc1.[Cu]. The summed E-state index contributed by atoms with van der Waals surface area (Å²) in [4.78, 5) is 0. The third kappa shape index (κ3) is 2.89. The van der Waals surface area contributed by atoms with Crippen molar-refractivity contribution in [2.24, 2.45) is 0 Å². The van der Waals surface area contributed by atoms with E-state index in [1.165, 1.54) is 0 Å². The molecule has 0 bridgehead atoms. The smallest absolute Gasteiger partial charge is 0.115 e. The van der Waals surface area contributed by atoms with Crippen LogP contribution >= 0.6 is 15.9 Å². The molecule has 1 N–H and O–H groups in total. The molecular formula is C6H5BrCuO. The first-order valence-electron chi connectivity index (χ1n) is 2.23. The fraction of sp³-hybridized carbons (Fsp3) is 0. The van der Waals surface area contributed by atoms with Crippen LogP contribution in [0, 0.1) is 0 Å². The van der Waals surface area contributed by atoms with E-state index in [1.807, 2.05) is 0 Å². The first-order chi connectivity index (χ1) is 3.79. The third-order valence-electron chi connectivity index (χ3n) is 0.827. The fourth-order valence-electron chi connectivity index (χ4n) is 0.441. The van der Waals surface area contributed by atoms with Crippen molar-refractivity contribution >= 4 is 15.9 Å². The van der Waals surface area contributed by atoms with Gasteiger partial charge in [-0.25, -0.2) is 0 Å². The maximum absolute atomic E-state index is 8.74. The second kappa shape index (κ2) is 3.94. The predicted octanol–water partition coefficient (Wildman–Crippen LogP) is 2.15. The minimum Gasteiger partial charge on any atom is -0.508 e. The first kappa shape index (κ1) is 9.02. The van der Waals surface area contributed by atoms with Crippen LogP contribution in [0.2, 0.25) is 0 Å². The Hall–Kier alpha value is 0.0195. The number of hydrogen-bond acceptors (Lipinski definition) is 1. The summed E-state index contributed by atoms with van der Waals surface area (Å²) in [6, 6.07) is 6.83. The number of rotatable bonds is 0. The molecule has 9 heavy (non-hydrogen) atoms. The quantitative estimate of drug-likeness (QED) is 0.685. The molecule has 1 nitrogen and oxygen atoms in total. The van der Waals surface area contributed by atoms with Crippen LogP contribution in [-0.2, 0) is 17.1 Å². The topological polar surface area (TPSA) is 20.2 Å². The van der Waals surface area contributed by atoms with Crippen LogP contribution in [-0.4, -0.2) is 5.11 Å². The largest absolute Gasteiger partial charge is 0.508 e. The Labute approximate surface area is 72.7 Å². The predicted molar refractivity (Wildman–Crippen MR) is 35.8 cm³/mol. The summed E-state index contributed by atoms with van der Waals surface area (Å²) < 4.78 is 0.982. The number of hydrogen-bond donors (Lipinski definition) is 1. The zero-order valence-electron chi connectivity index (χ0n) is 4.44. The van der Waals surface area contributed by atoms with E-state index in [-0.39, 0.29) is 17.1 Å². The Kier molecular flexibility index (Phi) is 3.94. The van der Waals surface area contributed by atoms with Crippen molar-refractivity contribution in [3.8, 4) is 5.75 Å². The summed E-state index contributed by atoms with van der Waals surface area (Å²) in [5.74, 6) is 0.299. The van der Waals surface area contributed by atoms with Gasteiger partial charge < -0.3 is 5.11 Å². The molecular weight excluding hydrogens is 232 g/mol. The van der Waals surface area contributed by atoms with E-state index in [9.17, 15) is 0 Å². The van der Waals surface area contributed by atoms with E-state index in [2.05, 4.69) is 15.9 Å². The normalized spacial score (nSPS) is 8.11. The molecule has 3 heteroatoms. The molecule has 0 saturated carbocycles. The van der Waals surface area contributed by atoms with Gasteiger partial charge in [0, 0.05) is 21.5 Å². The Bertz CT molecular complexity index is 152. The second-order valence-electron chi connectivity index (χ2n) is 1.48. The van der Waals surface area contributed by atoms with Crippen molar-refractivity contribution in [1.29, 1.82) is 0 Å². The maximum Gasteiger partial charge on any atom is 0.115 e. The molecule has 0 aliphatic rings. The standard InChI is InChI=1S/C6H5BrO.Cu/c7-5-1-3-6(8)4-2-5;/h1-4,8H;. The molecule has 1 aromatic carbocycles. The van der Waals surface area contributed by atoms with Gasteiger partial charge >= 0.3 is 0 Å². The van der Waals surface area contributed by atoms with Gasteiger partial charge in [0.2, 0.25) is 0 Å². The maximum atomic E-state index is 8.74. The van der Waals surface area contributed by atoms with Gasteiger partial charge in [-0.15, -0.1) is 0 Å². The molecule has 0 atom stereocenters. The Morgan fingerprint density at radius 3 is 1.89 bits per heavy atom. The van der Waals surface area contributed by atoms with Crippen LogP contribution in [0.3, 0.4) is 0 Å². The van der Waals surface area contributed by atoms with Gasteiger partial charge in [-0.05, 0) is 24.3 Å². The van der Waals surface area contributed by atoms with Gasteiger partial charge in [-0.1, -0.05) is 15.9 Å². The summed E-state index contributed by atoms with van der Waals surface area (Å²) in [7, 11) is 0. The van der Waals surface area contributed by atoms with E-state index in [1.54, 1.807) is 24.3 Å². The zero-order valence-corrected chi connectivity index (χ0v) is 6.96. The number of benzene rings is 1. The van der Waals surface area contributed by atoms with Crippen molar-refractivity contribution in [3.63, 3.8) is 0 Å². The molecule has 0 unspecified atom stereocenters. The van der Waals surface area contributed by atoms with Crippen LogP contribution in [0.5, 0.6) is 5.75 Å². The fourth-order valence-corrected chi connectivity index (χ4v) is 0.705. The van der Waals surface area contributed by atoms with Crippen LogP contribution < -0.4 is 0 Å². The minimum atomic E-state index is 0. The molecule has 1 rings (SSSR count). The molecule has 0 amide bonds. The number of phenolic OH excluding ortho intramolecular Hbond substituents is 1. The molecule has 0 heterocycles. The Balaban J connectivity index is 0.000000640. The van der Waals surface area contributed by atoms with Crippen molar-refractivity contribution in [2.75, 3.05) is 0 Å². The molecule has 0 saturated heterocycles. The van der Waals surface area contributed by atoms with Crippen molar-refractivity contribution in [1.82, 2.24) is 0 Å². The Morgan fingerprint density at radius 1 is 1.11 bits per heavy atom. The van der Waals surface area contributed by atoms with Crippen molar-refractivity contribution in [3.05, 3.63) is 28.7 Å². The van der Waals surface area contributed by atoms with Gasteiger partial charge in [0.15, 0.2) is 0 Å². The third-order valence-corrected chi connectivity index (χ3v) is 1.36. The first-order valence-corrected chi connectivity index (χ1v) is 3.03. The molecule has 0 aromatic heterocycles. The number of aromatic hydroxyl groups is 1. The van der Waals surface area contributed by atoms with Gasteiger partial charge in [-0.3, -0.25) is 0 Å². The Morgan fingerprint density at radius 2 is 1.56 bits per heavy atom. The average Bonchev–Trinajstić information content (AvgIpc) is 1.77. The molecule has 0 spiro atoms. The van der Waals surface area contributed by atoms with Crippen LogP contribution in [0.4, 0.5) is 0 Å². The van der Waals surface area contributed by atoms with E-state index in [4.69, 9.17) is 5.11 Å². The van der Waals surface area contributed by atoms with Crippen molar-refractivity contribution in [2.45, 2.75) is 0 Å². The molecule has 0 aliphatic heterocycles. The molecule has 0 aliphatic carbocycles. The van der Waals surface area contributed by atoms with Crippen LogP contribution in [0.15, 0.2) is 28.7 Å².